The van der Waals surface area contributed by atoms with E-state index in [2.05, 4.69) is 4.74 Å². The van der Waals surface area contributed by atoms with Gasteiger partial charge in [0.15, 0.2) is 0 Å². The Morgan fingerprint density at radius 3 is 1.93 bits per heavy atom. The van der Waals surface area contributed by atoms with Crippen molar-refractivity contribution in [3.8, 4) is 0 Å². The molecule has 2 N–H and O–H groups in total. The Bertz CT molecular complexity index is 343. The molecule has 0 aromatic rings. The van der Waals surface area contributed by atoms with E-state index in [1.807, 2.05) is 0 Å². The molecular weight excluding hydrogens is 216 g/mol. The van der Waals surface area contributed by atoms with Crippen LogP contribution in [0.25, 0.3) is 0 Å². The Balaban J connectivity index is 5.44. The molecule has 0 heterocycles. The summed E-state index contributed by atoms with van der Waals surface area (Å²) in [6, 6.07) is 0. The maximum atomic E-state index is 10.8. The van der Waals surface area contributed by atoms with Gasteiger partial charge in [0.25, 0.3) is 0 Å². The third kappa shape index (κ3) is 2.20. The minimum atomic E-state index is -5.01. The van der Waals surface area contributed by atoms with Gasteiger partial charge in [-0.2, -0.15) is 8.42 Å². The summed E-state index contributed by atoms with van der Waals surface area (Å²) in [6.45, 7) is 2.00. The second kappa shape index (κ2) is 3.93. The Labute approximate surface area is 80.4 Å². The number of carbonyl (C=O) groups excluding carboxylic acids is 1. The molecule has 0 aromatic heterocycles. The zero-order valence-electron chi connectivity index (χ0n) is 7.55. The van der Waals surface area contributed by atoms with Crippen LogP contribution in [-0.2, 0) is 24.4 Å². The van der Waals surface area contributed by atoms with Crippen LogP contribution in [0.2, 0.25) is 0 Å². The average molecular weight is 226 g/mol. The monoisotopic (exact) mass is 226 g/mol. The van der Waals surface area contributed by atoms with Crippen LogP contribution in [0.3, 0.4) is 0 Å². The van der Waals surface area contributed by atoms with Crippen molar-refractivity contribution >= 4 is 22.1 Å². The van der Waals surface area contributed by atoms with Gasteiger partial charge < -0.3 is 9.84 Å². The lowest BCUT2D eigenvalue weighted by Gasteiger charge is -2.23. The van der Waals surface area contributed by atoms with Crippen molar-refractivity contribution in [3.63, 3.8) is 0 Å². The summed E-state index contributed by atoms with van der Waals surface area (Å²) >= 11 is 0. The van der Waals surface area contributed by atoms with Crippen molar-refractivity contribution in [1.82, 2.24) is 0 Å². The summed E-state index contributed by atoms with van der Waals surface area (Å²) in [5.74, 6) is -3.04. The molecule has 0 saturated heterocycles. The molecule has 0 saturated carbocycles. The van der Waals surface area contributed by atoms with Gasteiger partial charge in [-0.3, -0.25) is 9.35 Å². The highest BCUT2D eigenvalue weighted by atomic mass is 32.2. The first-order chi connectivity index (χ1) is 6.17. The highest BCUT2D eigenvalue weighted by Crippen LogP contribution is 2.23. The van der Waals surface area contributed by atoms with E-state index in [1.54, 1.807) is 0 Å². The average Bonchev–Trinajstić information content (AvgIpc) is 1.96. The van der Waals surface area contributed by atoms with Crippen LogP contribution >= 0.6 is 0 Å². The number of aliphatic carboxylic acids is 1. The van der Waals surface area contributed by atoms with Gasteiger partial charge in [0.1, 0.15) is 0 Å². The molecule has 0 spiro atoms. The Morgan fingerprint density at radius 1 is 1.43 bits per heavy atom. The van der Waals surface area contributed by atoms with Crippen LogP contribution in [-0.4, -0.2) is 34.9 Å². The molecule has 1 unspecified atom stereocenters. The standard InChI is InChI=1S/C6H10O7S/c1-3-6(5(8)9,13-4(2)7)14(10,11)12/h3H2,1-2H3,(H,8,9)(H,10,11,12). The molecule has 0 rings (SSSR count). The van der Waals surface area contributed by atoms with Gasteiger partial charge in [0.2, 0.25) is 0 Å². The van der Waals surface area contributed by atoms with Crippen molar-refractivity contribution in [2.75, 3.05) is 0 Å². The zero-order chi connectivity index (χ0) is 11.6. The van der Waals surface area contributed by atoms with Crippen LogP contribution in [0, 0.1) is 0 Å². The molecule has 0 aliphatic heterocycles. The lowest BCUT2D eigenvalue weighted by molar-refractivity contribution is -0.168. The van der Waals surface area contributed by atoms with E-state index in [9.17, 15) is 18.0 Å². The van der Waals surface area contributed by atoms with Crippen molar-refractivity contribution in [2.24, 2.45) is 0 Å². The van der Waals surface area contributed by atoms with Crippen molar-refractivity contribution < 1.29 is 32.4 Å². The quantitative estimate of drug-likeness (QED) is 0.495. The van der Waals surface area contributed by atoms with Gasteiger partial charge in [0, 0.05) is 13.3 Å². The third-order valence-electron chi connectivity index (χ3n) is 1.52. The predicted octanol–water partition coefficient (Wildman–Crippen LogP) is -0.372. The van der Waals surface area contributed by atoms with Crippen LogP contribution in [0.1, 0.15) is 20.3 Å². The highest BCUT2D eigenvalue weighted by Gasteiger charge is 2.52. The molecule has 8 heteroatoms. The molecule has 0 aromatic carbocycles. The SMILES string of the molecule is CCC(OC(C)=O)(C(=O)O)S(=O)(=O)O. The number of hydrogen-bond acceptors (Lipinski definition) is 5. The maximum Gasteiger partial charge on any atom is 0.367 e. The van der Waals surface area contributed by atoms with Crippen LogP contribution in [0.4, 0.5) is 0 Å². The first-order valence-electron chi connectivity index (χ1n) is 3.57. The van der Waals surface area contributed by atoms with E-state index in [0.717, 1.165) is 13.8 Å². The summed E-state index contributed by atoms with van der Waals surface area (Å²) in [5, 5.41) is 8.59. The van der Waals surface area contributed by atoms with Gasteiger partial charge in [-0.15, -0.1) is 0 Å². The Morgan fingerprint density at radius 2 is 1.86 bits per heavy atom. The van der Waals surface area contributed by atoms with Crippen LogP contribution < -0.4 is 0 Å². The van der Waals surface area contributed by atoms with Gasteiger partial charge in [-0.1, -0.05) is 6.92 Å². The molecule has 0 aliphatic rings. The lowest BCUT2D eigenvalue weighted by Crippen LogP contribution is -2.49. The second-order valence-corrected chi connectivity index (χ2v) is 4.09. The molecule has 0 bridgehead atoms. The largest absolute Gasteiger partial charge is 0.477 e. The normalized spacial score (nSPS) is 15.6. The Hall–Kier alpha value is -1.15. The third-order valence-corrected chi connectivity index (χ3v) is 2.90. The van der Waals surface area contributed by atoms with Gasteiger partial charge in [-0.05, 0) is 0 Å². The van der Waals surface area contributed by atoms with E-state index < -0.39 is 33.4 Å². The molecule has 0 radical (unpaired) electrons. The minimum absolute atomic E-state index is 0.583. The van der Waals surface area contributed by atoms with Crippen molar-refractivity contribution in [2.45, 2.75) is 25.2 Å². The van der Waals surface area contributed by atoms with Crippen molar-refractivity contribution in [3.05, 3.63) is 0 Å². The smallest absolute Gasteiger partial charge is 0.367 e. The fraction of sp³-hybridized carbons (Fsp3) is 0.667. The van der Waals surface area contributed by atoms with Crippen molar-refractivity contribution in [1.29, 1.82) is 0 Å². The first-order valence-corrected chi connectivity index (χ1v) is 5.01. The summed E-state index contributed by atoms with van der Waals surface area (Å²) in [4.78, 5) is 18.2. The molecule has 7 nitrogen and oxygen atoms in total. The van der Waals surface area contributed by atoms with E-state index in [-0.39, 0.29) is 0 Å². The van der Waals surface area contributed by atoms with Gasteiger partial charge in [-0.25, -0.2) is 4.79 Å². The van der Waals surface area contributed by atoms with E-state index in [1.165, 1.54) is 0 Å². The van der Waals surface area contributed by atoms with Crippen LogP contribution in [0.15, 0.2) is 0 Å². The summed E-state index contributed by atoms with van der Waals surface area (Å²) in [6.07, 6.45) is -0.583. The number of carboxylic acids is 1. The molecular formula is C6H10O7S. The van der Waals surface area contributed by atoms with E-state index >= 15 is 0 Å². The number of carboxylic acid groups (broad SMARTS) is 1. The summed E-state index contributed by atoms with van der Waals surface area (Å²) in [5.41, 5.74) is 0. The number of rotatable bonds is 4. The number of esters is 1. The molecule has 1 atom stereocenters. The first kappa shape index (κ1) is 12.8. The minimum Gasteiger partial charge on any atom is -0.477 e. The topological polar surface area (TPSA) is 118 Å². The fourth-order valence-electron chi connectivity index (χ4n) is 0.845. The molecule has 14 heavy (non-hydrogen) atoms. The summed E-state index contributed by atoms with van der Waals surface area (Å²) < 4.78 is 34.3. The number of ether oxygens (including phenoxy) is 1. The number of carbonyl (C=O) groups is 2. The van der Waals surface area contributed by atoms with Gasteiger partial charge >= 0.3 is 27.0 Å². The summed E-state index contributed by atoms with van der Waals surface area (Å²) in [7, 11) is -5.01. The molecule has 0 aliphatic carbocycles. The fourth-order valence-corrected chi connectivity index (χ4v) is 1.65. The molecule has 0 amide bonds. The lowest BCUT2D eigenvalue weighted by atomic mass is 10.3. The van der Waals surface area contributed by atoms with E-state index in [0.29, 0.717) is 0 Å². The maximum absolute atomic E-state index is 10.8. The Kier molecular flexibility index (Phi) is 3.60. The highest BCUT2D eigenvalue weighted by molar-refractivity contribution is 7.87. The molecule has 82 valence electrons. The van der Waals surface area contributed by atoms with Crippen LogP contribution in [0.5, 0.6) is 0 Å². The second-order valence-electron chi connectivity index (χ2n) is 2.48. The zero-order valence-corrected chi connectivity index (χ0v) is 8.37. The number of hydrogen-bond donors (Lipinski definition) is 2. The molecule has 0 fully saturated rings. The predicted molar refractivity (Wildman–Crippen MR) is 44.0 cm³/mol. The van der Waals surface area contributed by atoms with E-state index in [4.69, 9.17) is 9.66 Å². The van der Waals surface area contributed by atoms with Gasteiger partial charge in [0.05, 0.1) is 0 Å².